The lowest BCUT2D eigenvalue weighted by molar-refractivity contribution is 0.412. The van der Waals surface area contributed by atoms with E-state index in [0.29, 0.717) is 4.88 Å². The third kappa shape index (κ3) is 2.33. The van der Waals surface area contributed by atoms with Crippen molar-refractivity contribution in [3.8, 4) is 23.1 Å². The van der Waals surface area contributed by atoms with E-state index >= 15 is 0 Å². The standard InChI is InChI=1S/C12H9BrN2OS/c1-7-15-12(11(6-14)17-7)8-3-4-10(16-2)9(13)5-8/h3-5H,1-2H3. The minimum Gasteiger partial charge on any atom is -0.496 e. The lowest BCUT2D eigenvalue weighted by Gasteiger charge is -2.04. The van der Waals surface area contributed by atoms with Gasteiger partial charge in [-0.05, 0) is 41.1 Å². The third-order valence-corrected chi connectivity index (χ3v) is 3.76. The monoisotopic (exact) mass is 308 g/mol. The predicted octanol–water partition coefficient (Wildman–Crippen LogP) is 3.76. The minimum atomic E-state index is 0.638. The molecule has 86 valence electrons. The van der Waals surface area contributed by atoms with Crippen molar-refractivity contribution >= 4 is 27.3 Å². The number of rotatable bonds is 2. The molecular weight excluding hydrogens is 300 g/mol. The summed E-state index contributed by atoms with van der Waals surface area (Å²) in [7, 11) is 1.62. The SMILES string of the molecule is COc1ccc(-c2nc(C)sc2C#N)cc1Br. The van der Waals surface area contributed by atoms with Gasteiger partial charge in [0.25, 0.3) is 0 Å². The van der Waals surface area contributed by atoms with E-state index < -0.39 is 0 Å². The number of hydrogen-bond donors (Lipinski definition) is 0. The van der Waals surface area contributed by atoms with Crippen LogP contribution in [0.4, 0.5) is 0 Å². The number of methoxy groups -OCH3 is 1. The molecule has 17 heavy (non-hydrogen) atoms. The van der Waals surface area contributed by atoms with Crippen molar-refractivity contribution in [3.05, 3.63) is 32.6 Å². The van der Waals surface area contributed by atoms with Gasteiger partial charge in [-0.1, -0.05) is 0 Å². The Hall–Kier alpha value is -1.38. The topological polar surface area (TPSA) is 45.9 Å². The molecule has 1 aromatic carbocycles. The van der Waals surface area contributed by atoms with Crippen molar-refractivity contribution in [1.82, 2.24) is 4.98 Å². The molecule has 5 heteroatoms. The van der Waals surface area contributed by atoms with Gasteiger partial charge in [0.1, 0.15) is 16.7 Å². The summed E-state index contributed by atoms with van der Waals surface area (Å²) >= 11 is 4.83. The zero-order valence-electron chi connectivity index (χ0n) is 9.32. The Morgan fingerprint density at radius 3 is 2.82 bits per heavy atom. The largest absolute Gasteiger partial charge is 0.496 e. The van der Waals surface area contributed by atoms with Crippen LogP contribution in [0.2, 0.25) is 0 Å². The first-order chi connectivity index (χ1) is 8.15. The molecule has 2 aromatic rings. The van der Waals surface area contributed by atoms with E-state index in [1.807, 2.05) is 25.1 Å². The van der Waals surface area contributed by atoms with Gasteiger partial charge in [0, 0.05) is 5.56 Å². The van der Waals surface area contributed by atoms with E-state index in [-0.39, 0.29) is 0 Å². The van der Waals surface area contributed by atoms with Gasteiger partial charge in [-0.2, -0.15) is 5.26 Å². The smallest absolute Gasteiger partial charge is 0.133 e. The highest BCUT2D eigenvalue weighted by molar-refractivity contribution is 9.10. The van der Waals surface area contributed by atoms with Crippen LogP contribution in [0.3, 0.4) is 0 Å². The van der Waals surface area contributed by atoms with Crippen LogP contribution in [-0.4, -0.2) is 12.1 Å². The molecular formula is C12H9BrN2OS. The Morgan fingerprint density at radius 2 is 2.24 bits per heavy atom. The summed E-state index contributed by atoms with van der Waals surface area (Å²) in [6.07, 6.45) is 0. The average Bonchev–Trinajstić information content (AvgIpc) is 2.70. The second kappa shape index (κ2) is 4.86. The highest BCUT2D eigenvalue weighted by atomic mass is 79.9. The van der Waals surface area contributed by atoms with E-state index in [4.69, 9.17) is 10.00 Å². The van der Waals surface area contributed by atoms with Crippen LogP contribution in [0.25, 0.3) is 11.3 Å². The molecule has 0 radical (unpaired) electrons. The van der Waals surface area contributed by atoms with Crippen molar-refractivity contribution in [2.75, 3.05) is 7.11 Å². The summed E-state index contributed by atoms with van der Waals surface area (Å²) in [5, 5.41) is 9.94. The van der Waals surface area contributed by atoms with Crippen molar-refractivity contribution < 1.29 is 4.74 Å². The molecule has 0 aliphatic carbocycles. The van der Waals surface area contributed by atoms with Gasteiger partial charge in [-0.25, -0.2) is 4.98 Å². The Bertz CT molecular complexity index is 601. The van der Waals surface area contributed by atoms with Gasteiger partial charge in [-0.15, -0.1) is 11.3 Å². The van der Waals surface area contributed by atoms with E-state index in [1.165, 1.54) is 11.3 Å². The molecule has 0 saturated carbocycles. The normalized spacial score (nSPS) is 10.0. The van der Waals surface area contributed by atoms with Crippen LogP contribution < -0.4 is 4.74 Å². The summed E-state index contributed by atoms with van der Waals surface area (Å²) in [5.74, 6) is 0.763. The third-order valence-electron chi connectivity index (χ3n) is 2.26. The molecule has 0 amide bonds. The van der Waals surface area contributed by atoms with Crippen LogP contribution in [-0.2, 0) is 0 Å². The fraction of sp³-hybridized carbons (Fsp3) is 0.167. The average molecular weight is 309 g/mol. The quantitative estimate of drug-likeness (QED) is 0.848. The number of hydrogen-bond acceptors (Lipinski definition) is 4. The van der Waals surface area contributed by atoms with E-state index in [9.17, 15) is 0 Å². The number of aryl methyl sites for hydroxylation is 1. The van der Waals surface area contributed by atoms with E-state index in [1.54, 1.807) is 7.11 Å². The lowest BCUT2D eigenvalue weighted by Crippen LogP contribution is -1.86. The zero-order chi connectivity index (χ0) is 12.4. The van der Waals surface area contributed by atoms with Crippen molar-refractivity contribution in [3.63, 3.8) is 0 Å². The molecule has 0 saturated heterocycles. The van der Waals surface area contributed by atoms with Gasteiger partial charge in [0.15, 0.2) is 0 Å². The summed E-state index contributed by atoms with van der Waals surface area (Å²) < 4.78 is 6.02. The number of nitrogens with zero attached hydrogens (tertiary/aromatic N) is 2. The van der Waals surface area contributed by atoms with Gasteiger partial charge in [-0.3, -0.25) is 0 Å². The minimum absolute atomic E-state index is 0.638. The highest BCUT2D eigenvalue weighted by Gasteiger charge is 2.12. The van der Waals surface area contributed by atoms with E-state index in [2.05, 4.69) is 27.0 Å². The van der Waals surface area contributed by atoms with Crippen LogP contribution in [0, 0.1) is 18.3 Å². The van der Waals surface area contributed by atoms with Gasteiger partial charge in [0.05, 0.1) is 22.3 Å². The maximum absolute atomic E-state index is 9.05. The first-order valence-corrected chi connectivity index (χ1v) is 6.48. The molecule has 1 heterocycles. The van der Waals surface area contributed by atoms with Crippen molar-refractivity contribution in [2.24, 2.45) is 0 Å². The predicted molar refractivity (Wildman–Crippen MR) is 71.3 cm³/mol. The summed E-state index contributed by atoms with van der Waals surface area (Å²) in [6, 6.07) is 7.84. The van der Waals surface area contributed by atoms with Gasteiger partial charge in [0.2, 0.25) is 0 Å². The molecule has 0 aliphatic rings. The molecule has 0 aliphatic heterocycles. The maximum Gasteiger partial charge on any atom is 0.133 e. The van der Waals surface area contributed by atoms with Gasteiger partial charge >= 0.3 is 0 Å². The number of thiazole rings is 1. The van der Waals surface area contributed by atoms with Crippen LogP contribution in [0.1, 0.15) is 9.88 Å². The molecule has 0 unspecified atom stereocenters. The second-order valence-electron chi connectivity index (χ2n) is 3.37. The molecule has 0 N–H and O–H groups in total. The molecule has 2 rings (SSSR count). The Balaban J connectivity index is 2.54. The molecule has 0 spiro atoms. The number of benzene rings is 1. The van der Waals surface area contributed by atoms with Gasteiger partial charge < -0.3 is 4.74 Å². The summed E-state index contributed by atoms with van der Waals surface area (Å²) in [4.78, 5) is 5.02. The number of halogens is 1. The number of nitriles is 1. The van der Waals surface area contributed by atoms with Crippen molar-refractivity contribution in [2.45, 2.75) is 6.92 Å². The Labute approximate surface area is 112 Å². The summed E-state index contributed by atoms with van der Waals surface area (Å²) in [5.41, 5.74) is 1.65. The molecule has 3 nitrogen and oxygen atoms in total. The summed E-state index contributed by atoms with van der Waals surface area (Å²) in [6.45, 7) is 1.90. The van der Waals surface area contributed by atoms with Crippen molar-refractivity contribution in [1.29, 1.82) is 5.26 Å². The fourth-order valence-corrected chi connectivity index (χ4v) is 2.79. The molecule has 1 aromatic heterocycles. The van der Waals surface area contributed by atoms with Crippen LogP contribution >= 0.6 is 27.3 Å². The Morgan fingerprint density at radius 1 is 1.47 bits per heavy atom. The van der Waals surface area contributed by atoms with Crippen LogP contribution in [0.5, 0.6) is 5.75 Å². The Kier molecular flexibility index (Phi) is 3.46. The second-order valence-corrected chi connectivity index (χ2v) is 5.43. The molecule has 0 atom stereocenters. The molecule has 0 bridgehead atoms. The number of ether oxygens (including phenoxy) is 1. The zero-order valence-corrected chi connectivity index (χ0v) is 11.7. The lowest BCUT2D eigenvalue weighted by atomic mass is 10.1. The molecule has 0 fully saturated rings. The fourth-order valence-electron chi connectivity index (χ4n) is 1.51. The maximum atomic E-state index is 9.05. The number of aromatic nitrogens is 1. The highest BCUT2D eigenvalue weighted by Crippen LogP contribution is 2.33. The van der Waals surface area contributed by atoms with Crippen LogP contribution in [0.15, 0.2) is 22.7 Å². The van der Waals surface area contributed by atoms with E-state index in [0.717, 1.165) is 26.5 Å². The first-order valence-electron chi connectivity index (χ1n) is 4.87. The first kappa shape index (κ1) is 12.1.